The van der Waals surface area contributed by atoms with Gasteiger partial charge in [-0.1, -0.05) is 0 Å². The molecule has 0 aliphatic heterocycles. The van der Waals surface area contributed by atoms with Crippen LogP contribution in [-0.2, 0) is 0 Å². The van der Waals surface area contributed by atoms with E-state index in [-0.39, 0.29) is 12.0 Å². The molecule has 0 amide bonds. The zero-order valence-electron chi connectivity index (χ0n) is 8.52. The quantitative estimate of drug-likeness (QED) is 0.632. The van der Waals surface area contributed by atoms with Gasteiger partial charge in [-0.15, -0.1) is 0 Å². The number of nitrogens with one attached hydrogen (secondary N) is 1. The van der Waals surface area contributed by atoms with E-state index in [1.807, 2.05) is 6.92 Å². The van der Waals surface area contributed by atoms with Crippen LogP contribution in [0.2, 0.25) is 0 Å². The van der Waals surface area contributed by atoms with Gasteiger partial charge in [0.05, 0.1) is 11.6 Å². The van der Waals surface area contributed by atoms with Crippen LogP contribution in [0, 0.1) is 0 Å². The summed E-state index contributed by atoms with van der Waals surface area (Å²) in [7, 11) is 0. The molecule has 4 N–H and O–H groups in total. The van der Waals surface area contributed by atoms with Crippen LogP contribution in [0.3, 0.4) is 0 Å². The van der Waals surface area contributed by atoms with Gasteiger partial charge in [0.1, 0.15) is 6.33 Å². The molecule has 0 bridgehead atoms. The molecule has 1 atom stereocenters. The molecule has 0 aliphatic carbocycles. The molecule has 1 unspecified atom stereocenters. The smallest absolute Gasteiger partial charge is 0.227 e. The van der Waals surface area contributed by atoms with Crippen LogP contribution in [-0.4, -0.2) is 31.7 Å². The molecule has 0 radical (unpaired) electrons. The van der Waals surface area contributed by atoms with Crippen LogP contribution in [0.1, 0.15) is 20.8 Å². The van der Waals surface area contributed by atoms with E-state index < -0.39 is 5.60 Å². The molecule has 0 saturated carbocycles. The Morgan fingerprint density at radius 1 is 1.50 bits per heavy atom. The summed E-state index contributed by atoms with van der Waals surface area (Å²) in [5.41, 5.74) is 4.53. The fraction of sp³-hybridized carbons (Fsp3) is 0.625. The third kappa shape index (κ3) is 2.81. The molecule has 1 aromatic rings. The lowest BCUT2D eigenvalue weighted by atomic mass is 10.0. The Labute approximate surface area is 82.6 Å². The first kappa shape index (κ1) is 10.6. The van der Waals surface area contributed by atoms with E-state index in [4.69, 9.17) is 5.73 Å². The Morgan fingerprint density at radius 3 is 2.64 bits per heavy atom. The van der Waals surface area contributed by atoms with Gasteiger partial charge < -0.3 is 16.2 Å². The monoisotopic (exact) mass is 197 g/mol. The predicted molar refractivity (Wildman–Crippen MR) is 53.6 cm³/mol. The molecular weight excluding hydrogens is 182 g/mol. The van der Waals surface area contributed by atoms with Crippen molar-refractivity contribution in [1.29, 1.82) is 0 Å². The van der Waals surface area contributed by atoms with Crippen molar-refractivity contribution in [2.45, 2.75) is 32.4 Å². The minimum Gasteiger partial charge on any atom is -0.388 e. The second kappa shape index (κ2) is 3.75. The highest BCUT2D eigenvalue weighted by Crippen LogP contribution is 2.11. The van der Waals surface area contributed by atoms with Gasteiger partial charge in [0.2, 0.25) is 11.9 Å². The van der Waals surface area contributed by atoms with Crippen LogP contribution in [0.25, 0.3) is 0 Å². The van der Waals surface area contributed by atoms with E-state index in [2.05, 4.69) is 20.3 Å². The molecule has 0 aliphatic rings. The van der Waals surface area contributed by atoms with E-state index in [9.17, 15) is 5.11 Å². The van der Waals surface area contributed by atoms with Gasteiger partial charge in [0.15, 0.2) is 0 Å². The molecule has 78 valence electrons. The number of hydrogen-bond donors (Lipinski definition) is 3. The standard InChI is InChI=1S/C8H15N5O/c1-5(8(2,3)14)12-7-11-4-10-6(9)13-7/h4-5,14H,1-3H3,(H3,9,10,11,12,13). The normalized spacial score (nSPS) is 13.7. The first-order valence-electron chi connectivity index (χ1n) is 4.33. The summed E-state index contributed by atoms with van der Waals surface area (Å²) in [5, 5.41) is 12.6. The van der Waals surface area contributed by atoms with Crippen molar-refractivity contribution >= 4 is 11.9 Å². The van der Waals surface area contributed by atoms with Crippen LogP contribution < -0.4 is 11.1 Å². The van der Waals surface area contributed by atoms with Crippen LogP contribution in [0.5, 0.6) is 0 Å². The second-order valence-electron chi connectivity index (χ2n) is 3.69. The van der Waals surface area contributed by atoms with E-state index in [0.717, 1.165) is 0 Å². The number of rotatable bonds is 3. The van der Waals surface area contributed by atoms with E-state index in [0.29, 0.717) is 5.95 Å². The Balaban J connectivity index is 2.70. The summed E-state index contributed by atoms with van der Waals surface area (Å²) in [5.74, 6) is 0.526. The van der Waals surface area contributed by atoms with E-state index in [1.165, 1.54) is 6.33 Å². The summed E-state index contributed by atoms with van der Waals surface area (Å²) < 4.78 is 0. The maximum absolute atomic E-state index is 9.65. The third-order valence-corrected chi connectivity index (χ3v) is 2.00. The Hall–Kier alpha value is -1.43. The van der Waals surface area contributed by atoms with Crippen molar-refractivity contribution in [3.63, 3.8) is 0 Å². The molecular formula is C8H15N5O. The van der Waals surface area contributed by atoms with Crippen molar-refractivity contribution in [3.8, 4) is 0 Å². The third-order valence-electron chi connectivity index (χ3n) is 2.00. The maximum atomic E-state index is 9.65. The Kier molecular flexibility index (Phi) is 2.85. The summed E-state index contributed by atoms with van der Waals surface area (Å²) in [6.07, 6.45) is 1.32. The Bertz CT molecular complexity index is 309. The highest BCUT2D eigenvalue weighted by Gasteiger charge is 2.22. The van der Waals surface area contributed by atoms with Crippen LogP contribution >= 0.6 is 0 Å². The number of nitrogens with two attached hydrogens (primary N) is 1. The molecule has 14 heavy (non-hydrogen) atoms. The second-order valence-corrected chi connectivity index (χ2v) is 3.69. The van der Waals surface area contributed by atoms with Gasteiger partial charge in [0.25, 0.3) is 0 Å². The predicted octanol–water partition coefficient (Wildman–Crippen LogP) is 0.0251. The lowest BCUT2D eigenvalue weighted by Gasteiger charge is -2.26. The summed E-state index contributed by atoms with van der Waals surface area (Å²) >= 11 is 0. The van der Waals surface area contributed by atoms with Gasteiger partial charge >= 0.3 is 0 Å². The lowest BCUT2D eigenvalue weighted by molar-refractivity contribution is 0.0646. The van der Waals surface area contributed by atoms with Crippen molar-refractivity contribution in [2.75, 3.05) is 11.1 Å². The number of anilines is 2. The summed E-state index contributed by atoms with van der Waals surface area (Å²) in [4.78, 5) is 11.4. The first-order valence-corrected chi connectivity index (χ1v) is 4.33. The van der Waals surface area contributed by atoms with Crippen LogP contribution in [0.15, 0.2) is 6.33 Å². The summed E-state index contributed by atoms with van der Waals surface area (Å²) in [6.45, 7) is 5.24. The fourth-order valence-corrected chi connectivity index (χ4v) is 0.749. The molecule has 0 saturated heterocycles. The first-order chi connectivity index (χ1) is 6.39. The van der Waals surface area contributed by atoms with Gasteiger partial charge in [-0.3, -0.25) is 0 Å². The molecule has 1 heterocycles. The van der Waals surface area contributed by atoms with Gasteiger partial charge in [0, 0.05) is 0 Å². The minimum atomic E-state index is -0.846. The van der Waals surface area contributed by atoms with Crippen molar-refractivity contribution < 1.29 is 5.11 Å². The molecule has 6 nitrogen and oxygen atoms in total. The SMILES string of the molecule is CC(Nc1ncnc(N)n1)C(C)(C)O. The maximum Gasteiger partial charge on any atom is 0.227 e. The van der Waals surface area contributed by atoms with Gasteiger partial charge in [-0.05, 0) is 20.8 Å². The van der Waals surface area contributed by atoms with Crippen LogP contribution in [0.4, 0.5) is 11.9 Å². The Morgan fingerprint density at radius 2 is 2.14 bits per heavy atom. The van der Waals surface area contributed by atoms with E-state index in [1.54, 1.807) is 13.8 Å². The van der Waals surface area contributed by atoms with Gasteiger partial charge in [-0.2, -0.15) is 4.98 Å². The number of nitrogens with zero attached hydrogens (tertiary/aromatic N) is 3. The molecule has 6 heteroatoms. The lowest BCUT2D eigenvalue weighted by Crippen LogP contribution is -2.39. The molecule has 0 fully saturated rings. The topological polar surface area (TPSA) is 97.0 Å². The number of aromatic nitrogens is 3. The zero-order valence-corrected chi connectivity index (χ0v) is 8.52. The highest BCUT2D eigenvalue weighted by molar-refractivity contribution is 5.30. The number of nitrogen functional groups attached to an aromatic ring is 1. The van der Waals surface area contributed by atoms with Crippen molar-refractivity contribution in [2.24, 2.45) is 0 Å². The number of hydrogen-bond acceptors (Lipinski definition) is 6. The fourth-order valence-electron chi connectivity index (χ4n) is 0.749. The molecule has 1 rings (SSSR count). The molecule has 1 aromatic heterocycles. The summed E-state index contributed by atoms with van der Waals surface area (Å²) in [6, 6.07) is -0.177. The van der Waals surface area contributed by atoms with Gasteiger partial charge in [-0.25, -0.2) is 9.97 Å². The van der Waals surface area contributed by atoms with Crippen molar-refractivity contribution in [3.05, 3.63) is 6.33 Å². The zero-order chi connectivity index (χ0) is 10.8. The average Bonchev–Trinajstić information content (AvgIpc) is 2.02. The largest absolute Gasteiger partial charge is 0.388 e. The molecule has 0 aromatic carbocycles. The van der Waals surface area contributed by atoms with Crippen molar-refractivity contribution in [1.82, 2.24) is 15.0 Å². The van der Waals surface area contributed by atoms with E-state index >= 15 is 0 Å². The molecule has 0 spiro atoms. The average molecular weight is 197 g/mol. The number of aliphatic hydroxyl groups is 1. The highest BCUT2D eigenvalue weighted by atomic mass is 16.3. The minimum absolute atomic E-state index is 0.158.